The average molecular weight is 293 g/mol. The molecule has 1 saturated carbocycles. The minimum Gasteiger partial charge on any atom is -0.338 e. The zero-order valence-electron chi connectivity index (χ0n) is 11.7. The zero-order valence-corrected chi connectivity index (χ0v) is 11.7. The summed E-state index contributed by atoms with van der Waals surface area (Å²) in [5.41, 5.74) is 0. The molecule has 0 unspecified atom stereocenters. The Bertz CT molecular complexity index is 336. The van der Waals surface area contributed by atoms with Crippen molar-refractivity contribution < 1.29 is 18.0 Å². The lowest BCUT2D eigenvalue weighted by molar-refractivity contribution is -0.181. The van der Waals surface area contributed by atoms with E-state index in [0.717, 1.165) is 12.3 Å². The number of carbonyl (C=O) groups is 1. The molecule has 0 aromatic rings. The molecule has 2 aliphatic rings. The smallest absolute Gasteiger partial charge is 0.338 e. The molecule has 20 heavy (non-hydrogen) atoms. The second kappa shape index (κ2) is 6.20. The van der Waals surface area contributed by atoms with Crippen molar-refractivity contribution in [3.8, 4) is 0 Å². The topological polar surface area (TPSA) is 35.6 Å². The summed E-state index contributed by atoms with van der Waals surface area (Å²) in [6, 6.07) is -1.59. The van der Waals surface area contributed by atoms with Crippen LogP contribution < -0.4 is 5.32 Å². The fraction of sp³-hybridized carbons (Fsp3) is 0.923. The molecule has 1 aliphatic carbocycles. The van der Waals surface area contributed by atoms with Gasteiger partial charge in [-0.1, -0.05) is 12.8 Å². The van der Waals surface area contributed by atoms with E-state index in [2.05, 4.69) is 5.32 Å². The molecule has 2 amide bonds. The van der Waals surface area contributed by atoms with E-state index >= 15 is 0 Å². The van der Waals surface area contributed by atoms with Crippen LogP contribution in [0.2, 0.25) is 0 Å². The molecule has 4 nitrogen and oxygen atoms in total. The van der Waals surface area contributed by atoms with Crippen molar-refractivity contribution in [2.45, 2.75) is 38.4 Å². The second-order valence-electron chi connectivity index (χ2n) is 5.70. The van der Waals surface area contributed by atoms with Gasteiger partial charge in [0.2, 0.25) is 0 Å². The van der Waals surface area contributed by atoms with Crippen molar-refractivity contribution in [2.75, 3.05) is 32.7 Å². The predicted molar refractivity (Wildman–Crippen MR) is 69.4 cm³/mol. The van der Waals surface area contributed by atoms with E-state index in [4.69, 9.17) is 0 Å². The molecule has 1 aliphatic heterocycles. The van der Waals surface area contributed by atoms with Crippen LogP contribution >= 0.6 is 0 Å². The van der Waals surface area contributed by atoms with Gasteiger partial charge in [-0.25, -0.2) is 4.79 Å². The highest BCUT2D eigenvalue weighted by Gasteiger charge is 2.41. The van der Waals surface area contributed by atoms with E-state index in [9.17, 15) is 18.0 Å². The first-order chi connectivity index (χ1) is 9.38. The Morgan fingerprint density at radius 1 is 1.25 bits per heavy atom. The molecule has 1 heterocycles. The van der Waals surface area contributed by atoms with E-state index in [0.29, 0.717) is 19.6 Å². The number of nitrogens with one attached hydrogen (secondary N) is 1. The van der Waals surface area contributed by atoms with Gasteiger partial charge < -0.3 is 10.2 Å². The van der Waals surface area contributed by atoms with Crippen molar-refractivity contribution in [2.24, 2.45) is 5.92 Å². The number of hydrogen-bond acceptors (Lipinski definition) is 2. The van der Waals surface area contributed by atoms with Crippen molar-refractivity contribution in [1.29, 1.82) is 0 Å². The first kappa shape index (κ1) is 15.4. The van der Waals surface area contributed by atoms with Crippen LogP contribution in [0, 0.1) is 5.92 Å². The summed E-state index contributed by atoms with van der Waals surface area (Å²) in [5.74, 6) is 0.764. The third-order valence-electron chi connectivity index (χ3n) is 4.15. The molecule has 1 N–H and O–H groups in total. The monoisotopic (exact) mass is 293 g/mol. The minimum absolute atomic E-state index is 0.148. The van der Waals surface area contributed by atoms with Crippen LogP contribution in [0.4, 0.5) is 18.0 Å². The zero-order chi connectivity index (χ0) is 14.8. The molecule has 1 saturated heterocycles. The first-order valence-electron chi connectivity index (χ1n) is 7.21. The van der Waals surface area contributed by atoms with Gasteiger partial charge in [0.15, 0.2) is 0 Å². The van der Waals surface area contributed by atoms with Crippen LogP contribution in [-0.4, -0.2) is 60.8 Å². The Balaban J connectivity index is 1.68. The van der Waals surface area contributed by atoms with E-state index < -0.39 is 12.2 Å². The Morgan fingerprint density at radius 3 is 2.35 bits per heavy atom. The van der Waals surface area contributed by atoms with Crippen LogP contribution in [0.1, 0.15) is 26.2 Å². The number of alkyl halides is 3. The van der Waals surface area contributed by atoms with Crippen LogP contribution in [0.3, 0.4) is 0 Å². The third-order valence-corrected chi connectivity index (χ3v) is 4.15. The minimum atomic E-state index is -4.20. The average Bonchev–Trinajstić information content (AvgIpc) is 3.21. The highest BCUT2D eigenvalue weighted by Crippen LogP contribution is 2.31. The summed E-state index contributed by atoms with van der Waals surface area (Å²) in [7, 11) is 0. The first-order valence-corrected chi connectivity index (χ1v) is 7.21. The Kier molecular flexibility index (Phi) is 4.78. The molecule has 0 aromatic heterocycles. The summed E-state index contributed by atoms with van der Waals surface area (Å²) in [6.07, 6.45) is -0.681. The van der Waals surface area contributed by atoms with Crippen LogP contribution in [0.25, 0.3) is 0 Å². The van der Waals surface area contributed by atoms with Gasteiger partial charge >= 0.3 is 12.2 Å². The maximum Gasteiger partial charge on any atom is 0.403 e. The van der Waals surface area contributed by atoms with Gasteiger partial charge in [-0.2, -0.15) is 13.2 Å². The number of urea groups is 1. The Hall–Kier alpha value is -0.980. The fourth-order valence-corrected chi connectivity index (χ4v) is 2.42. The second-order valence-corrected chi connectivity index (χ2v) is 5.70. The maximum atomic E-state index is 12.6. The molecule has 2 fully saturated rings. The van der Waals surface area contributed by atoms with E-state index in [1.807, 2.05) is 0 Å². The van der Waals surface area contributed by atoms with Gasteiger partial charge in [-0.15, -0.1) is 0 Å². The van der Waals surface area contributed by atoms with Crippen molar-refractivity contribution in [3.05, 3.63) is 0 Å². The lowest BCUT2D eigenvalue weighted by atomic mass is 10.2. The summed E-state index contributed by atoms with van der Waals surface area (Å²) >= 11 is 0. The van der Waals surface area contributed by atoms with E-state index in [-0.39, 0.29) is 19.1 Å². The van der Waals surface area contributed by atoms with Crippen molar-refractivity contribution in [1.82, 2.24) is 15.1 Å². The van der Waals surface area contributed by atoms with Gasteiger partial charge in [0.1, 0.15) is 6.04 Å². The number of carbonyl (C=O) groups excluding carboxylic acids is 1. The molecule has 2 rings (SSSR count). The molecule has 0 bridgehead atoms. The molecular formula is C13H22F3N3O. The van der Waals surface area contributed by atoms with Crippen molar-refractivity contribution in [3.63, 3.8) is 0 Å². The van der Waals surface area contributed by atoms with Gasteiger partial charge in [0, 0.05) is 32.7 Å². The summed E-state index contributed by atoms with van der Waals surface area (Å²) < 4.78 is 37.8. The van der Waals surface area contributed by atoms with Gasteiger partial charge in [0.05, 0.1) is 0 Å². The standard InChI is InChI=1S/C13H22F3N3O/c1-10(13(14,15)16)18-6-8-19(9-7-18)12(20)17-5-4-11-2-3-11/h10-11H,2-9H2,1H3,(H,17,20)/t10-/m1/s1. The number of amides is 2. The lowest BCUT2D eigenvalue weighted by Gasteiger charge is -2.38. The van der Waals surface area contributed by atoms with Crippen LogP contribution in [0.5, 0.6) is 0 Å². The molecule has 0 spiro atoms. The molecular weight excluding hydrogens is 271 g/mol. The lowest BCUT2D eigenvalue weighted by Crippen LogP contribution is -2.56. The normalized spacial score (nSPS) is 22.7. The number of nitrogens with zero attached hydrogens (tertiary/aromatic N) is 2. The Labute approximate surface area is 117 Å². The van der Waals surface area contributed by atoms with E-state index in [1.165, 1.54) is 24.7 Å². The summed E-state index contributed by atoms with van der Waals surface area (Å²) in [5, 5.41) is 2.84. The quantitative estimate of drug-likeness (QED) is 0.861. The van der Waals surface area contributed by atoms with Crippen LogP contribution in [-0.2, 0) is 0 Å². The summed E-state index contributed by atoms with van der Waals surface area (Å²) in [6.45, 7) is 3.10. The van der Waals surface area contributed by atoms with Gasteiger partial charge in [0.25, 0.3) is 0 Å². The maximum absolute atomic E-state index is 12.6. The number of rotatable bonds is 4. The molecule has 7 heteroatoms. The largest absolute Gasteiger partial charge is 0.403 e. The predicted octanol–water partition coefficient (Wildman–Crippen LogP) is 2.06. The Morgan fingerprint density at radius 2 is 1.85 bits per heavy atom. The molecule has 1 atom stereocenters. The van der Waals surface area contributed by atoms with Crippen LogP contribution in [0.15, 0.2) is 0 Å². The fourth-order valence-electron chi connectivity index (χ4n) is 2.42. The number of hydrogen-bond donors (Lipinski definition) is 1. The highest BCUT2D eigenvalue weighted by molar-refractivity contribution is 5.74. The molecule has 0 aromatic carbocycles. The number of piperazine rings is 1. The van der Waals surface area contributed by atoms with Gasteiger partial charge in [-0.05, 0) is 19.3 Å². The van der Waals surface area contributed by atoms with E-state index in [1.54, 1.807) is 4.90 Å². The molecule has 116 valence electrons. The van der Waals surface area contributed by atoms with Crippen molar-refractivity contribution >= 4 is 6.03 Å². The number of halogens is 3. The molecule has 0 radical (unpaired) electrons. The van der Waals surface area contributed by atoms with Gasteiger partial charge in [-0.3, -0.25) is 4.90 Å². The third kappa shape index (κ3) is 4.26. The highest BCUT2D eigenvalue weighted by atomic mass is 19.4. The summed E-state index contributed by atoms with van der Waals surface area (Å²) in [4.78, 5) is 14.8. The SMILES string of the molecule is C[C@@H](N1CCN(C(=O)NCCC2CC2)CC1)C(F)(F)F.